The van der Waals surface area contributed by atoms with Crippen molar-refractivity contribution in [2.45, 2.75) is 19.9 Å². The van der Waals surface area contributed by atoms with E-state index in [4.69, 9.17) is 4.42 Å². The second kappa shape index (κ2) is 5.73. The molecule has 0 saturated heterocycles. The van der Waals surface area contributed by atoms with Crippen LogP contribution >= 0.6 is 0 Å². The van der Waals surface area contributed by atoms with Crippen LogP contribution in [0.5, 0.6) is 0 Å². The maximum absolute atomic E-state index is 12.6. The van der Waals surface area contributed by atoms with Crippen LogP contribution in [0.25, 0.3) is 16.7 Å². The van der Waals surface area contributed by atoms with E-state index in [1.54, 1.807) is 10.9 Å². The van der Waals surface area contributed by atoms with Crippen molar-refractivity contribution in [3.63, 3.8) is 0 Å². The number of nitrogens with zero attached hydrogens (tertiary/aromatic N) is 6. The van der Waals surface area contributed by atoms with Crippen molar-refractivity contribution in [2.24, 2.45) is 0 Å². The Balaban J connectivity index is 1.75. The zero-order valence-electron chi connectivity index (χ0n) is 13.0. The fourth-order valence-electron chi connectivity index (χ4n) is 2.44. The van der Waals surface area contributed by atoms with Crippen LogP contribution in [0, 0.1) is 0 Å². The van der Waals surface area contributed by atoms with Gasteiger partial charge in [-0.3, -0.25) is 4.79 Å². The molecule has 0 aliphatic heterocycles. The third kappa shape index (κ3) is 2.37. The number of para-hydroxylation sites is 1. The predicted molar refractivity (Wildman–Crippen MR) is 85.9 cm³/mol. The van der Waals surface area contributed by atoms with E-state index in [2.05, 4.69) is 20.4 Å². The van der Waals surface area contributed by atoms with Crippen molar-refractivity contribution in [1.82, 2.24) is 29.8 Å². The predicted octanol–water partition coefficient (Wildman–Crippen LogP) is 1.58. The maximum Gasteiger partial charge on any atom is 0.281 e. The first-order valence-electron chi connectivity index (χ1n) is 7.57. The van der Waals surface area contributed by atoms with Crippen molar-refractivity contribution in [1.29, 1.82) is 0 Å². The van der Waals surface area contributed by atoms with Crippen molar-refractivity contribution in [3.05, 3.63) is 64.7 Å². The maximum atomic E-state index is 12.6. The average Bonchev–Trinajstić information content (AvgIpc) is 3.25. The fourth-order valence-corrected chi connectivity index (χ4v) is 2.44. The molecule has 0 aliphatic carbocycles. The Bertz CT molecular complexity index is 1050. The summed E-state index contributed by atoms with van der Waals surface area (Å²) >= 11 is 0. The van der Waals surface area contributed by atoms with E-state index in [0.29, 0.717) is 16.9 Å². The first kappa shape index (κ1) is 14.3. The number of aromatic nitrogens is 6. The lowest BCUT2D eigenvalue weighted by Crippen LogP contribution is -2.24. The number of oxazole rings is 1. The van der Waals surface area contributed by atoms with Crippen molar-refractivity contribution >= 4 is 11.0 Å². The molecule has 120 valence electrons. The van der Waals surface area contributed by atoms with Crippen LogP contribution in [-0.4, -0.2) is 29.8 Å². The lowest BCUT2D eigenvalue weighted by atomic mass is 10.3. The van der Waals surface area contributed by atoms with Crippen LogP contribution in [0.4, 0.5) is 0 Å². The molecular formula is C16H14N6O2. The second-order valence-electron chi connectivity index (χ2n) is 5.26. The Hall–Kier alpha value is -3.29. The van der Waals surface area contributed by atoms with Crippen LogP contribution < -0.4 is 5.56 Å². The molecule has 4 rings (SSSR count). The van der Waals surface area contributed by atoms with Crippen molar-refractivity contribution in [3.8, 4) is 5.69 Å². The third-order valence-corrected chi connectivity index (χ3v) is 3.69. The molecule has 0 bridgehead atoms. The van der Waals surface area contributed by atoms with E-state index in [-0.39, 0.29) is 12.1 Å². The van der Waals surface area contributed by atoms with Gasteiger partial charge in [0.2, 0.25) is 5.89 Å². The van der Waals surface area contributed by atoms with Gasteiger partial charge in [0.1, 0.15) is 17.7 Å². The van der Waals surface area contributed by atoms with E-state index >= 15 is 0 Å². The minimum Gasteiger partial charge on any atom is -0.444 e. The topological polar surface area (TPSA) is 91.6 Å². The first-order chi connectivity index (χ1) is 11.8. The molecule has 0 unspecified atom stereocenters. The number of fused-ring (bicyclic) bond motifs is 1. The van der Waals surface area contributed by atoms with Crippen molar-refractivity contribution < 1.29 is 4.42 Å². The van der Waals surface area contributed by atoms with Gasteiger partial charge in [-0.2, -0.15) is 5.10 Å². The summed E-state index contributed by atoms with van der Waals surface area (Å²) in [7, 11) is 0. The summed E-state index contributed by atoms with van der Waals surface area (Å²) in [6.07, 6.45) is 3.90. The molecule has 0 spiro atoms. The third-order valence-electron chi connectivity index (χ3n) is 3.69. The summed E-state index contributed by atoms with van der Waals surface area (Å²) < 4.78 is 8.34. The largest absolute Gasteiger partial charge is 0.444 e. The standard InChI is InChI=1S/C16H14N6O2/c1-2-12-8-17-14(24-12)10-21-16(23)13-9-18-22(15(13)19-20-21)11-6-4-3-5-7-11/h3-9H,2,10H2,1H3. The summed E-state index contributed by atoms with van der Waals surface area (Å²) in [6.45, 7) is 2.11. The highest BCUT2D eigenvalue weighted by molar-refractivity contribution is 5.74. The van der Waals surface area contributed by atoms with E-state index in [9.17, 15) is 4.79 Å². The zero-order chi connectivity index (χ0) is 16.5. The molecular weight excluding hydrogens is 308 g/mol. The van der Waals surface area contributed by atoms with Gasteiger partial charge in [0, 0.05) is 6.42 Å². The zero-order valence-corrected chi connectivity index (χ0v) is 13.0. The summed E-state index contributed by atoms with van der Waals surface area (Å²) in [5.41, 5.74) is 0.960. The normalized spacial score (nSPS) is 11.2. The number of hydrogen-bond acceptors (Lipinski definition) is 6. The number of hydrogen-bond donors (Lipinski definition) is 0. The second-order valence-corrected chi connectivity index (χ2v) is 5.26. The summed E-state index contributed by atoms with van der Waals surface area (Å²) in [6, 6.07) is 9.48. The minimum absolute atomic E-state index is 0.137. The lowest BCUT2D eigenvalue weighted by Gasteiger charge is -2.03. The molecule has 0 aliphatic rings. The van der Waals surface area contributed by atoms with Gasteiger partial charge in [-0.1, -0.05) is 30.3 Å². The molecule has 0 N–H and O–H groups in total. The Labute approximate surface area is 136 Å². The smallest absolute Gasteiger partial charge is 0.281 e. The number of rotatable bonds is 4. The summed E-state index contributed by atoms with van der Waals surface area (Å²) in [5.74, 6) is 1.20. The van der Waals surface area contributed by atoms with Gasteiger partial charge >= 0.3 is 0 Å². The quantitative estimate of drug-likeness (QED) is 0.566. The number of aryl methyl sites for hydroxylation is 1. The molecule has 3 heterocycles. The molecule has 0 saturated carbocycles. The Morgan fingerprint density at radius 1 is 1.17 bits per heavy atom. The average molecular weight is 322 g/mol. The minimum atomic E-state index is -0.279. The summed E-state index contributed by atoms with van der Waals surface area (Å²) in [4.78, 5) is 16.7. The Morgan fingerprint density at radius 3 is 2.75 bits per heavy atom. The van der Waals surface area contributed by atoms with E-state index in [0.717, 1.165) is 17.9 Å². The number of benzene rings is 1. The van der Waals surface area contributed by atoms with Gasteiger partial charge in [0.15, 0.2) is 5.65 Å². The first-order valence-corrected chi connectivity index (χ1v) is 7.57. The molecule has 0 atom stereocenters. The highest BCUT2D eigenvalue weighted by atomic mass is 16.4. The van der Waals surface area contributed by atoms with Crippen LogP contribution in [0.1, 0.15) is 18.6 Å². The van der Waals surface area contributed by atoms with E-state index in [1.807, 2.05) is 37.3 Å². The van der Waals surface area contributed by atoms with Crippen LogP contribution in [-0.2, 0) is 13.0 Å². The van der Waals surface area contributed by atoms with Crippen LogP contribution in [0.2, 0.25) is 0 Å². The van der Waals surface area contributed by atoms with Crippen molar-refractivity contribution in [2.75, 3.05) is 0 Å². The molecule has 8 nitrogen and oxygen atoms in total. The van der Waals surface area contributed by atoms with Gasteiger partial charge in [-0.15, -0.1) is 5.10 Å². The molecule has 0 radical (unpaired) electrons. The lowest BCUT2D eigenvalue weighted by molar-refractivity contribution is 0.426. The SMILES string of the molecule is CCc1cnc(Cn2nnc3c(cnn3-c3ccccc3)c2=O)o1. The van der Waals surface area contributed by atoms with Gasteiger partial charge in [-0.05, 0) is 12.1 Å². The highest BCUT2D eigenvalue weighted by Gasteiger charge is 2.14. The van der Waals surface area contributed by atoms with Crippen LogP contribution in [0.3, 0.4) is 0 Å². The van der Waals surface area contributed by atoms with Gasteiger partial charge in [0.05, 0.1) is 18.1 Å². The molecule has 3 aromatic heterocycles. The van der Waals surface area contributed by atoms with E-state index in [1.165, 1.54) is 10.9 Å². The molecule has 1 aromatic carbocycles. The van der Waals surface area contributed by atoms with Gasteiger partial charge in [-0.25, -0.2) is 14.3 Å². The Kier molecular flexibility index (Phi) is 3.42. The van der Waals surface area contributed by atoms with Gasteiger partial charge < -0.3 is 4.42 Å². The highest BCUT2D eigenvalue weighted by Crippen LogP contribution is 2.12. The Morgan fingerprint density at radius 2 is 2.00 bits per heavy atom. The summed E-state index contributed by atoms with van der Waals surface area (Å²) in [5, 5.41) is 12.8. The molecule has 0 amide bonds. The monoisotopic (exact) mass is 322 g/mol. The molecule has 4 aromatic rings. The fraction of sp³-hybridized carbons (Fsp3) is 0.188. The van der Waals surface area contributed by atoms with E-state index < -0.39 is 0 Å². The molecule has 8 heteroatoms. The van der Waals surface area contributed by atoms with Crippen LogP contribution in [0.15, 0.2) is 51.9 Å². The van der Waals surface area contributed by atoms with Gasteiger partial charge in [0.25, 0.3) is 5.56 Å². The molecule has 0 fully saturated rings. The molecule has 24 heavy (non-hydrogen) atoms.